The Labute approximate surface area is 135 Å². The van der Waals surface area contributed by atoms with Crippen molar-refractivity contribution in [1.82, 2.24) is 0 Å². The molecular formula is C15H14BrClFNO2. The predicted molar refractivity (Wildman–Crippen MR) is 84.7 cm³/mol. The molecule has 2 aromatic rings. The van der Waals surface area contributed by atoms with Crippen LogP contribution in [-0.2, 0) is 0 Å². The molecule has 2 rings (SSSR count). The molecule has 0 saturated heterocycles. The van der Waals surface area contributed by atoms with E-state index in [0.29, 0.717) is 32.1 Å². The van der Waals surface area contributed by atoms with Gasteiger partial charge in [-0.1, -0.05) is 27.5 Å². The molecule has 0 fully saturated rings. The summed E-state index contributed by atoms with van der Waals surface area (Å²) in [6.07, 6.45) is 0. The summed E-state index contributed by atoms with van der Waals surface area (Å²) in [4.78, 5) is 0. The number of rotatable bonds is 4. The molecular weight excluding hydrogens is 361 g/mol. The van der Waals surface area contributed by atoms with Gasteiger partial charge in [0.15, 0.2) is 11.5 Å². The van der Waals surface area contributed by atoms with Gasteiger partial charge >= 0.3 is 0 Å². The smallest absolute Gasteiger partial charge is 0.161 e. The lowest BCUT2D eigenvalue weighted by atomic mass is 9.98. The van der Waals surface area contributed by atoms with Crippen molar-refractivity contribution >= 4 is 27.5 Å². The van der Waals surface area contributed by atoms with E-state index in [0.717, 1.165) is 0 Å². The first-order valence-corrected chi connectivity index (χ1v) is 7.27. The Bertz CT molecular complexity index is 666. The average Bonchev–Trinajstić information content (AvgIpc) is 2.48. The lowest BCUT2D eigenvalue weighted by Gasteiger charge is -2.18. The molecule has 0 radical (unpaired) electrons. The Balaban J connectivity index is 2.52. The molecule has 0 aliphatic carbocycles. The van der Waals surface area contributed by atoms with E-state index in [1.165, 1.54) is 25.3 Å². The molecule has 0 aliphatic heterocycles. The van der Waals surface area contributed by atoms with Crippen LogP contribution in [0.25, 0.3) is 0 Å². The highest BCUT2D eigenvalue weighted by Crippen LogP contribution is 2.37. The molecule has 21 heavy (non-hydrogen) atoms. The summed E-state index contributed by atoms with van der Waals surface area (Å²) in [5, 5.41) is 0.429. The van der Waals surface area contributed by atoms with Crippen LogP contribution in [0.1, 0.15) is 17.2 Å². The lowest BCUT2D eigenvalue weighted by molar-refractivity contribution is 0.354. The molecule has 1 atom stereocenters. The van der Waals surface area contributed by atoms with E-state index in [4.69, 9.17) is 26.8 Å². The third-order valence-corrected chi connectivity index (χ3v) is 4.05. The van der Waals surface area contributed by atoms with E-state index < -0.39 is 11.9 Å². The summed E-state index contributed by atoms with van der Waals surface area (Å²) in [6.45, 7) is 0. The highest BCUT2D eigenvalue weighted by Gasteiger charge is 2.19. The maximum absolute atomic E-state index is 14.0. The topological polar surface area (TPSA) is 44.5 Å². The molecule has 2 N–H and O–H groups in total. The van der Waals surface area contributed by atoms with Crippen molar-refractivity contribution in [2.75, 3.05) is 14.2 Å². The van der Waals surface area contributed by atoms with Gasteiger partial charge in [0, 0.05) is 15.1 Å². The zero-order chi connectivity index (χ0) is 15.6. The van der Waals surface area contributed by atoms with Gasteiger partial charge in [-0.15, -0.1) is 0 Å². The van der Waals surface area contributed by atoms with Crippen LogP contribution in [0.4, 0.5) is 4.39 Å². The quantitative estimate of drug-likeness (QED) is 0.867. The van der Waals surface area contributed by atoms with Gasteiger partial charge < -0.3 is 15.2 Å². The molecule has 0 aromatic heterocycles. The van der Waals surface area contributed by atoms with E-state index in [1.54, 1.807) is 19.2 Å². The Morgan fingerprint density at radius 1 is 1.10 bits per heavy atom. The Morgan fingerprint density at radius 2 is 1.71 bits per heavy atom. The van der Waals surface area contributed by atoms with E-state index in [1.807, 2.05) is 0 Å². The van der Waals surface area contributed by atoms with Crippen molar-refractivity contribution in [3.8, 4) is 11.5 Å². The first kappa shape index (κ1) is 16.1. The summed E-state index contributed by atoms with van der Waals surface area (Å²) in [6, 6.07) is 7.07. The molecule has 0 amide bonds. The first-order valence-electron chi connectivity index (χ1n) is 6.10. The van der Waals surface area contributed by atoms with E-state index in [9.17, 15) is 4.39 Å². The maximum atomic E-state index is 14.0. The molecule has 3 nitrogen and oxygen atoms in total. The van der Waals surface area contributed by atoms with Gasteiger partial charge in [0.2, 0.25) is 0 Å². The SMILES string of the molecule is COc1cc(Br)c(C(N)c2cc(Cl)ccc2F)cc1OC. The number of hydrogen-bond acceptors (Lipinski definition) is 3. The van der Waals surface area contributed by atoms with Crippen LogP contribution in [0, 0.1) is 5.82 Å². The van der Waals surface area contributed by atoms with Crippen LogP contribution in [0.5, 0.6) is 11.5 Å². The highest BCUT2D eigenvalue weighted by molar-refractivity contribution is 9.10. The fourth-order valence-electron chi connectivity index (χ4n) is 2.03. The van der Waals surface area contributed by atoms with Crippen LogP contribution in [0.2, 0.25) is 5.02 Å². The summed E-state index contributed by atoms with van der Waals surface area (Å²) < 4.78 is 25.1. The second-order valence-corrected chi connectivity index (χ2v) is 5.66. The molecule has 6 heteroatoms. The normalized spacial score (nSPS) is 12.1. The van der Waals surface area contributed by atoms with Crippen molar-refractivity contribution in [1.29, 1.82) is 0 Å². The monoisotopic (exact) mass is 373 g/mol. The predicted octanol–water partition coefficient (Wildman–Crippen LogP) is 4.31. The maximum Gasteiger partial charge on any atom is 0.161 e. The number of hydrogen-bond donors (Lipinski definition) is 1. The molecule has 0 saturated carbocycles. The van der Waals surface area contributed by atoms with Gasteiger partial charge in [0.1, 0.15) is 5.82 Å². The summed E-state index contributed by atoms with van der Waals surface area (Å²) in [5.74, 6) is 0.675. The second kappa shape index (κ2) is 6.64. The molecule has 112 valence electrons. The molecule has 0 aliphatic rings. The Kier molecular flexibility index (Phi) is 5.08. The fraction of sp³-hybridized carbons (Fsp3) is 0.200. The van der Waals surface area contributed by atoms with Gasteiger partial charge in [-0.05, 0) is 35.9 Å². The standard InChI is InChI=1S/C15H14BrClFNO2/c1-20-13-6-9(11(16)7-14(13)21-2)15(19)10-5-8(17)3-4-12(10)18/h3-7,15H,19H2,1-2H3. The second-order valence-electron chi connectivity index (χ2n) is 4.37. The van der Waals surface area contributed by atoms with Crippen LogP contribution >= 0.6 is 27.5 Å². The van der Waals surface area contributed by atoms with Crippen molar-refractivity contribution in [3.63, 3.8) is 0 Å². The van der Waals surface area contributed by atoms with Crippen molar-refractivity contribution in [3.05, 3.63) is 56.8 Å². The third-order valence-electron chi connectivity index (χ3n) is 3.13. The zero-order valence-corrected chi connectivity index (χ0v) is 13.8. The average molecular weight is 375 g/mol. The van der Waals surface area contributed by atoms with Gasteiger partial charge in [-0.3, -0.25) is 0 Å². The largest absolute Gasteiger partial charge is 0.493 e. The molecule has 2 aromatic carbocycles. The summed E-state index contributed by atoms with van der Waals surface area (Å²) >= 11 is 9.34. The van der Waals surface area contributed by atoms with Crippen LogP contribution in [0.3, 0.4) is 0 Å². The number of ether oxygens (including phenoxy) is 2. The Morgan fingerprint density at radius 3 is 2.33 bits per heavy atom. The summed E-state index contributed by atoms with van der Waals surface area (Å²) in [5.41, 5.74) is 7.17. The zero-order valence-electron chi connectivity index (χ0n) is 11.5. The molecule has 1 unspecified atom stereocenters. The molecule has 0 bridgehead atoms. The third kappa shape index (κ3) is 3.31. The van der Waals surface area contributed by atoms with E-state index in [-0.39, 0.29) is 0 Å². The lowest BCUT2D eigenvalue weighted by Crippen LogP contribution is -2.14. The number of halogens is 3. The van der Waals surface area contributed by atoms with E-state index in [2.05, 4.69) is 15.9 Å². The highest BCUT2D eigenvalue weighted by atomic mass is 79.9. The minimum atomic E-state index is -0.683. The minimum absolute atomic E-state index is 0.315. The fourth-order valence-corrected chi connectivity index (χ4v) is 2.78. The minimum Gasteiger partial charge on any atom is -0.493 e. The van der Waals surface area contributed by atoms with Crippen LogP contribution in [-0.4, -0.2) is 14.2 Å². The Hall–Kier alpha value is -1.30. The summed E-state index contributed by atoms with van der Waals surface area (Å²) in [7, 11) is 3.07. The first-order chi connectivity index (χ1) is 9.97. The van der Waals surface area contributed by atoms with Gasteiger partial charge in [-0.25, -0.2) is 4.39 Å². The van der Waals surface area contributed by atoms with E-state index >= 15 is 0 Å². The van der Waals surface area contributed by atoms with Crippen LogP contribution in [0.15, 0.2) is 34.8 Å². The van der Waals surface area contributed by atoms with Crippen molar-refractivity contribution in [2.45, 2.75) is 6.04 Å². The van der Waals surface area contributed by atoms with Crippen LogP contribution < -0.4 is 15.2 Å². The van der Waals surface area contributed by atoms with Crippen molar-refractivity contribution < 1.29 is 13.9 Å². The molecule has 0 heterocycles. The number of benzene rings is 2. The van der Waals surface area contributed by atoms with Gasteiger partial charge in [0.25, 0.3) is 0 Å². The van der Waals surface area contributed by atoms with Gasteiger partial charge in [-0.2, -0.15) is 0 Å². The van der Waals surface area contributed by atoms with Gasteiger partial charge in [0.05, 0.1) is 20.3 Å². The number of nitrogens with two attached hydrogens (primary N) is 1. The molecule has 0 spiro atoms. The number of methoxy groups -OCH3 is 2. The van der Waals surface area contributed by atoms with Crippen molar-refractivity contribution in [2.24, 2.45) is 5.73 Å².